The minimum atomic E-state index is -2.69. The lowest BCUT2D eigenvalue weighted by Gasteiger charge is -2.30. The summed E-state index contributed by atoms with van der Waals surface area (Å²) in [5.41, 5.74) is 26.7. The van der Waals surface area contributed by atoms with Crippen molar-refractivity contribution in [3.05, 3.63) is 195 Å². The van der Waals surface area contributed by atoms with Crippen molar-refractivity contribution in [1.29, 1.82) is 0 Å². The minimum absolute atomic E-state index is 0.362. The van der Waals surface area contributed by atoms with Gasteiger partial charge in [-0.05, 0) is 147 Å². The van der Waals surface area contributed by atoms with Gasteiger partial charge >= 0.3 is 0 Å². The molecule has 0 atom stereocenters. The van der Waals surface area contributed by atoms with Crippen LogP contribution in [-0.2, 0) is 0 Å². The van der Waals surface area contributed by atoms with E-state index in [-0.39, 0.29) is 0 Å². The Morgan fingerprint density at radius 1 is 0.268 bits per heavy atom. The van der Waals surface area contributed by atoms with Crippen molar-refractivity contribution in [2.45, 2.75) is 168 Å². The molecule has 1 aliphatic rings. The van der Waals surface area contributed by atoms with Crippen LogP contribution >= 0.6 is 22.4 Å². The van der Waals surface area contributed by atoms with Crippen LogP contribution in [0.3, 0.4) is 0 Å². The summed E-state index contributed by atoms with van der Waals surface area (Å²) >= 11 is 4.48. The molecule has 0 N–H and O–H groups in total. The van der Waals surface area contributed by atoms with Crippen LogP contribution in [0.15, 0.2) is 155 Å². The van der Waals surface area contributed by atoms with E-state index in [9.17, 15) is 0 Å². The molecule has 7 aromatic carbocycles. The fourth-order valence-corrected chi connectivity index (χ4v) is 22.9. The van der Waals surface area contributed by atoms with Crippen LogP contribution in [0.4, 0.5) is 0 Å². The zero-order chi connectivity index (χ0) is 51.1. The van der Waals surface area contributed by atoms with E-state index in [0.717, 1.165) is 0 Å². The Morgan fingerprint density at radius 3 is 0.718 bits per heavy atom. The topological polar surface area (TPSA) is 0 Å². The van der Waals surface area contributed by atoms with Crippen LogP contribution in [-0.4, -0.2) is 6.37 Å². The molecule has 0 unspecified atom stereocenters. The second-order valence-corrected chi connectivity index (χ2v) is 31.9. The lowest BCUT2D eigenvalue weighted by Crippen LogP contribution is -2.14. The lowest BCUT2D eigenvalue weighted by molar-refractivity contribution is 0.835. The van der Waals surface area contributed by atoms with Gasteiger partial charge in [-0.15, -0.1) is 22.4 Å². The molecule has 1 heterocycles. The summed E-state index contributed by atoms with van der Waals surface area (Å²) in [6, 6.07) is 54.5. The van der Waals surface area contributed by atoms with E-state index in [2.05, 4.69) is 278 Å². The number of benzene rings is 7. The van der Waals surface area contributed by atoms with Crippen molar-refractivity contribution in [3.8, 4) is 44.5 Å². The molecule has 368 valence electrons. The van der Waals surface area contributed by atoms with Gasteiger partial charge in [0.15, 0.2) is 0 Å². The fourth-order valence-electron chi connectivity index (χ4n) is 11.1. The molecule has 0 aliphatic carbocycles. The van der Waals surface area contributed by atoms with Crippen LogP contribution < -0.4 is 0 Å². The predicted molar refractivity (Wildman–Crippen MR) is 319 cm³/mol. The molecule has 3 heteroatoms. The smallest absolute Gasteiger partial charge is 0.126 e. The Morgan fingerprint density at radius 2 is 0.493 bits per heavy atom. The molecule has 0 nitrogen and oxygen atoms in total. The first-order valence-corrected chi connectivity index (χ1v) is 32.0. The molecular formula is C68H80S2Si. The Hall–Kier alpha value is -4.80. The number of rotatable bonds is 17. The monoisotopic (exact) mass is 989 g/mol. The lowest BCUT2D eigenvalue weighted by atomic mass is 9.82. The van der Waals surface area contributed by atoms with Crippen LogP contribution in [0, 0.1) is 0 Å². The predicted octanol–water partition coefficient (Wildman–Crippen LogP) is 21.8. The standard InChI is InChI=1S/C68H80S2Si/c1-41(2)50-28-20-29-51(42(3)4)63(50)58-36-24-37-59(64-52(43(5)6)30-21-31-53(64)44(7)8)67(58)69-71(40-62(71)49-26-18-17-19-27-49)70-68-60(65-54(45(9)10)32-22-33-55(65)46(11)12)38-25-39-61(68)66-56(47(13)14)34-23-35-57(66)48(15)16/h17-48H,1-16H3. The van der Waals surface area contributed by atoms with Gasteiger partial charge in [-0.1, -0.05) is 256 Å². The summed E-state index contributed by atoms with van der Waals surface area (Å²) in [4.78, 5) is 2.85. The van der Waals surface area contributed by atoms with Gasteiger partial charge in [0.2, 0.25) is 6.37 Å². The average Bonchev–Trinajstić information content (AvgIpc) is 4.05. The molecule has 1 aliphatic heterocycles. The van der Waals surface area contributed by atoms with E-state index >= 15 is 0 Å². The number of hydrogen-bond donors (Lipinski definition) is 0. The maximum absolute atomic E-state index is 2.75. The second kappa shape index (κ2) is 21.7. The van der Waals surface area contributed by atoms with Gasteiger partial charge in [-0.25, -0.2) is 0 Å². The first-order chi connectivity index (χ1) is 33.9. The molecule has 0 aromatic heterocycles. The first-order valence-electron chi connectivity index (χ1n) is 26.8. The summed E-state index contributed by atoms with van der Waals surface area (Å²) in [5, 5.41) is 1.53. The van der Waals surface area contributed by atoms with Crippen molar-refractivity contribution in [2.24, 2.45) is 0 Å². The normalized spacial score (nSPS) is 13.5. The van der Waals surface area contributed by atoms with Crippen molar-refractivity contribution < 1.29 is 0 Å². The molecule has 0 saturated carbocycles. The van der Waals surface area contributed by atoms with E-state index < -0.39 is 6.37 Å². The Labute approximate surface area is 438 Å². The third kappa shape index (κ3) is 10.4. The highest BCUT2D eigenvalue weighted by molar-refractivity contribution is 8.62. The van der Waals surface area contributed by atoms with E-state index in [0.29, 0.717) is 47.3 Å². The van der Waals surface area contributed by atoms with Gasteiger partial charge in [0.25, 0.3) is 0 Å². The highest BCUT2D eigenvalue weighted by Gasteiger charge is 2.52. The van der Waals surface area contributed by atoms with Gasteiger partial charge in [-0.3, -0.25) is 0 Å². The molecule has 7 aromatic rings. The van der Waals surface area contributed by atoms with Gasteiger partial charge in [-0.2, -0.15) is 0 Å². The summed E-state index contributed by atoms with van der Waals surface area (Å²) in [6.07, 6.45) is -2.69. The number of hydrogen-bond acceptors (Lipinski definition) is 2. The van der Waals surface area contributed by atoms with Crippen LogP contribution in [0.25, 0.3) is 49.7 Å². The molecule has 0 amide bonds. The summed E-state index contributed by atoms with van der Waals surface area (Å²) < 4.78 is 0. The van der Waals surface area contributed by atoms with Gasteiger partial charge < -0.3 is 0 Å². The van der Waals surface area contributed by atoms with E-state index in [1.54, 1.807) is 0 Å². The molecule has 8 rings (SSSR count). The molecular weight excluding hydrogens is 909 g/mol. The van der Waals surface area contributed by atoms with Gasteiger partial charge in [0.05, 0.1) is 0 Å². The molecule has 0 saturated heterocycles. The quantitative estimate of drug-likeness (QED) is 0.0834. The largest absolute Gasteiger partial charge is 0.242 e. The summed E-state index contributed by atoms with van der Waals surface area (Å²) in [7, 11) is 0. The van der Waals surface area contributed by atoms with Crippen LogP contribution in [0.2, 0.25) is 0 Å². The Bertz CT molecular complexity index is 2610. The molecule has 0 bridgehead atoms. The zero-order valence-electron chi connectivity index (χ0n) is 45.8. The van der Waals surface area contributed by atoms with Crippen molar-refractivity contribution >= 4 is 34.0 Å². The SMILES string of the molecule is CC(C)c1cccc(C(C)C)c1-c1cccc(-c2c(C(C)C)cccc2C(C)C)c1S[Si]1(Sc2c(-c3c(C(C)C)cccc3C(C)C)cccc2-c2c(C(C)C)cccc2C(C)C)C=C1c1ccccc1. The van der Waals surface area contributed by atoms with Crippen LogP contribution in [0.5, 0.6) is 0 Å². The molecule has 0 fully saturated rings. The van der Waals surface area contributed by atoms with E-state index in [1.165, 1.54) is 110 Å². The average molecular weight is 990 g/mol. The van der Waals surface area contributed by atoms with Crippen molar-refractivity contribution in [2.75, 3.05) is 0 Å². The minimum Gasteiger partial charge on any atom is -0.126 e. The zero-order valence-corrected chi connectivity index (χ0v) is 48.4. The van der Waals surface area contributed by atoms with Crippen molar-refractivity contribution in [3.63, 3.8) is 0 Å². The maximum atomic E-state index is 2.75. The third-order valence-electron chi connectivity index (χ3n) is 14.8. The Balaban J connectivity index is 1.52. The van der Waals surface area contributed by atoms with E-state index in [1.807, 2.05) is 0 Å². The summed E-state index contributed by atoms with van der Waals surface area (Å²) in [5.74, 6) is 2.89. The Kier molecular flexibility index (Phi) is 16.1. The summed E-state index contributed by atoms with van der Waals surface area (Å²) in [6.45, 7) is 38.1. The van der Waals surface area contributed by atoms with Gasteiger partial charge in [0, 0.05) is 9.79 Å². The van der Waals surface area contributed by atoms with Crippen molar-refractivity contribution in [1.82, 2.24) is 0 Å². The third-order valence-corrected chi connectivity index (χ3v) is 24.8. The molecule has 0 radical (unpaired) electrons. The van der Waals surface area contributed by atoms with Crippen LogP contribution in [0.1, 0.15) is 208 Å². The fraction of sp³-hybridized carbons (Fsp3) is 0.353. The maximum Gasteiger partial charge on any atom is 0.242 e. The van der Waals surface area contributed by atoms with Gasteiger partial charge in [0.1, 0.15) is 0 Å². The second-order valence-electron chi connectivity index (χ2n) is 22.6. The molecule has 71 heavy (non-hydrogen) atoms. The highest BCUT2D eigenvalue weighted by Crippen LogP contribution is 2.65. The highest BCUT2D eigenvalue weighted by atomic mass is 32.6. The van der Waals surface area contributed by atoms with E-state index in [4.69, 9.17) is 0 Å². The first kappa shape index (κ1) is 52.5. The molecule has 0 spiro atoms.